The molecule has 0 saturated carbocycles. The number of ether oxygens (including phenoxy) is 2. The summed E-state index contributed by atoms with van der Waals surface area (Å²) in [5, 5.41) is 0. The smallest absolute Gasteiger partial charge is 0.231 e. The van der Waals surface area contributed by atoms with Gasteiger partial charge in [-0.15, -0.1) is 0 Å². The van der Waals surface area contributed by atoms with Crippen LogP contribution >= 0.6 is 0 Å². The molecule has 23 heavy (non-hydrogen) atoms. The topological polar surface area (TPSA) is 34.1 Å². The molecule has 0 aromatic heterocycles. The maximum atomic E-state index is 5.38. The SMILES string of the molecule is Cc1cc(C=Nc2ccc3c(c2)OCO3)ccc1N1CCCC1. The first kappa shape index (κ1) is 14.1. The zero-order valence-electron chi connectivity index (χ0n) is 13.3. The lowest BCUT2D eigenvalue weighted by atomic mass is 10.1. The average Bonchev–Trinajstić information content (AvgIpc) is 3.24. The molecule has 0 N–H and O–H groups in total. The third kappa shape index (κ3) is 2.89. The summed E-state index contributed by atoms with van der Waals surface area (Å²) >= 11 is 0. The number of rotatable bonds is 3. The van der Waals surface area contributed by atoms with Crippen molar-refractivity contribution in [2.45, 2.75) is 19.8 Å². The molecular formula is C19H20N2O2. The van der Waals surface area contributed by atoms with Gasteiger partial charge in [0, 0.05) is 31.1 Å². The van der Waals surface area contributed by atoms with Crippen molar-refractivity contribution in [1.82, 2.24) is 0 Å². The van der Waals surface area contributed by atoms with Crippen molar-refractivity contribution in [3.63, 3.8) is 0 Å². The Hall–Kier alpha value is -2.49. The third-order valence-electron chi connectivity index (χ3n) is 4.39. The number of nitrogens with zero attached hydrogens (tertiary/aromatic N) is 2. The van der Waals surface area contributed by atoms with Crippen LogP contribution in [0.15, 0.2) is 41.4 Å². The van der Waals surface area contributed by atoms with E-state index in [1.165, 1.54) is 37.2 Å². The number of hydrogen-bond donors (Lipinski definition) is 0. The molecular weight excluding hydrogens is 288 g/mol. The van der Waals surface area contributed by atoms with Gasteiger partial charge in [-0.1, -0.05) is 6.07 Å². The molecule has 4 nitrogen and oxygen atoms in total. The van der Waals surface area contributed by atoms with Crippen molar-refractivity contribution in [1.29, 1.82) is 0 Å². The van der Waals surface area contributed by atoms with Crippen LogP contribution in [0, 0.1) is 6.92 Å². The summed E-state index contributed by atoms with van der Waals surface area (Å²) in [6.07, 6.45) is 4.50. The van der Waals surface area contributed by atoms with Gasteiger partial charge in [-0.25, -0.2) is 0 Å². The normalized spacial score (nSPS) is 16.5. The molecule has 1 saturated heterocycles. The molecule has 4 heteroatoms. The number of fused-ring (bicyclic) bond motifs is 1. The number of aliphatic imine (C=N–C) groups is 1. The first-order chi connectivity index (χ1) is 11.3. The van der Waals surface area contributed by atoms with Gasteiger partial charge in [-0.05, 0) is 55.2 Å². The Morgan fingerprint density at radius 1 is 1.00 bits per heavy atom. The lowest BCUT2D eigenvalue weighted by Crippen LogP contribution is -2.18. The lowest BCUT2D eigenvalue weighted by molar-refractivity contribution is 0.174. The molecule has 118 valence electrons. The van der Waals surface area contributed by atoms with Crippen LogP contribution < -0.4 is 14.4 Å². The molecule has 0 atom stereocenters. The molecule has 2 aliphatic heterocycles. The van der Waals surface area contributed by atoms with E-state index in [9.17, 15) is 0 Å². The summed E-state index contributed by atoms with van der Waals surface area (Å²) in [5.41, 5.74) is 4.64. The molecule has 1 fully saturated rings. The maximum absolute atomic E-state index is 5.38. The van der Waals surface area contributed by atoms with Crippen LogP contribution in [0.25, 0.3) is 0 Å². The van der Waals surface area contributed by atoms with Gasteiger partial charge in [0.1, 0.15) is 0 Å². The Labute approximate surface area is 136 Å². The number of anilines is 1. The van der Waals surface area contributed by atoms with Crippen molar-refractivity contribution in [3.05, 3.63) is 47.5 Å². The van der Waals surface area contributed by atoms with E-state index in [0.717, 1.165) is 22.7 Å². The average molecular weight is 308 g/mol. The van der Waals surface area contributed by atoms with Crippen LogP contribution in [0.5, 0.6) is 11.5 Å². The number of benzene rings is 2. The number of aryl methyl sites for hydroxylation is 1. The zero-order chi connectivity index (χ0) is 15.6. The Morgan fingerprint density at radius 3 is 2.65 bits per heavy atom. The summed E-state index contributed by atoms with van der Waals surface area (Å²) in [5.74, 6) is 1.55. The minimum atomic E-state index is 0.291. The van der Waals surface area contributed by atoms with Crippen LogP contribution in [-0.2, 0) is 0 Å². The van der Waals surface area contributed by atoms with Crippen molar-refractivity contribution in [3.8, 4) is 11.5 Å². The van der Waals surface area contributed by atoms with Gasteiger partial charge in [0.25, 0.3) is 0 Å². The zero-order valence-corrected chi connectivity index (χ0v) is 13.3. The Morgan fingerprint density at radius 2 is 1.83 bits per heavy atom. The van der Waals surface area contributed by atoms with Gasteiger partial charge in [-0.2, -0.15) is 0 Å². The Kier molecular flexibility index (Phi) is 3.66. The molecule has 0 amide bonds. The fraction of sp³-hybridized carbons (Fsp3) is 0.316. The van der Waals surface area contributed by atoms with Gasteiger partial charge in [0.15, 0.2) is 11.5 Å². The molecule has 2 aromatic rings. The van der Waals surface area contributed by atoms with Gasteiger partial charge in [0.2, 0.25) is 6.79 Å². The predicted molar refractivity (Wildman–Crippen MR) is 92.4 cm³/mol. The third-order valence-corrected chi connectivity index (χ3v) is 4.39. The standard InChI is InChI=1S/C19H20N2O2/c1-14-10-15(4-6-17(14)21-8-2-3-9-21)12-20-16-5-7-18-19(11-16)23-13-22-18/h4-7,10-12H,2-3,8-9,13H2,1H3. The molecule has 2 heterocycles. The highest BCUT2D eigenvalue weighted by molar-refractivity contribution is 5.83. The van der Waals surface area contributed by atoms with Crippen LogP contribution in [0.2, 0.25) is 0 Å². The second-order valence-electron chi connectivity index (χ2n) is 6.04. The minimum Gasteiger partial charge on any atom is -0.454 e. The van der Waals surface area contributed by atoms with E-state index < -0.39 is 0 Å². The van der Waals surface area contributed by atoms with E-state index >= 15 is 0 Å². The molecule has 0 bridgehead atoms. The lowest BCUT2D eigenvalue weighted by Gasteiger charge is -2.20. The van der Waals surface area contributed by atoms with Crippen molar-refractivity contribution in [2.24, 2.45) is 4.99 Å². The summed E-state index contributed by atoms with van der Waals surface area (Å²) in [7, 11) is 0. The largest absolute Gasteiger partial charge is 0.454 e. The fourth-order valence-corrected chi connectivity index (χ4v) is 3.19. The first-order valence-corrected chi connectivity index (χ1v) is 8.09. The summed E-state index contributed by atoms with van der Waals surface area (Å²) < 4.78 is 10.7. The predicted octanol–water partition coefficient (Wildman–Crippen LogP) is 4.07. The summed E-state index contributed by atoms with van der Waals surface area (Å²) in [6.45, 7) is 4.81. The number of hydrogen-bond acceptors (Lipinski definition) is 4. The molecule has 2 aromatic carbocycles. The molecule has 0 spiro atoms. The summed E-state index contributed by atoms with van der Waals surface area (Å²) in [4.78, 5) is 7.01. The van der Waals surface area contributed by atoms with Crippen LogP contribution in [0.1, 0.15) is 24.0 Å². The van der Waals surface area contributed by atoms with Gasteiger partial charge >= 0.3 is 0 Å². The van der Waals surface area contributed by atoms with E-state index in [0.29, 0.717) is 6.79 Å². The molecule has 4 rings (SSSR count). The highest BCUT2D eigenvalue weighted by Crippen LogP contribution is 2.35. The van der Waals surface area contributed by atoms with Crippen LogP contribution in [0.4, 0.5) is 11.4 Å². The molecule has 0 unspecified atom stereocenters. The van der Waals surface area contributed by atoms with Crippen molar-refractivity contribution < 1.29 is 9.47 Å². The monoisotopic (exact) mass is 308 g/mol. The first-order valence-electron chi connectivity index (χ1n) is 8.09. The fourth-order valence-electron chi connectivity index (χ4n) is 3.19. The van der Waals surface area contributed by atoms with Gasteiger partial charge < -0.3 is 14.4 Å². The van der Waals surface area contributed by atoms with E-state index in [-0.39, 0.29) is 0 Å². The highest BCUT2D eigenvalue weighted by Gasteiger charge is 2.14. The van der Waals surface area contributed by atoms with Crippen molar-refractivity contribution >= 4 is 17.6 Å². The van der Waals surface area contributed by atoms with Gasteiger partial charge in [0.05, 0.1) is 5.69 Å². The van der Waals surface area contributed by atoms with Crippen molar-refractivity contribution in [2.75, 3.05) is 24.8 Å². The van der Waals surface area contributed by atoms with E-state index in [1.54, 1.807) is 0 Å². The second-order valence-corrected chi connectivity index (χ2v) is 6.04. The quantitative estimate of drug-likeness (QED) is 0.801. The minimum absolute atomic E-state index is 0.291. The Balaban J connectivity index is 1.53. The van der Waals surface area contributed by atoms with Crippen LogP contribution in [-0.4, -0.2) is 26.1 Å². The second kappa shape index (κ2) is 5.95. The molecule has 0 aliphatic carbocycles. The molecule has 0 radical (unpaired) electrons. The Bertz CT molecular complexity index is 749. The molecule has 2 aliphatic rings. The van der Waals surface area contributed by atoms with E-state index in [1.807, 2.05) is 24.4 Å². The van der Waals surface area contributed by atoms with Gasteiger partial charge in [-0.3, -0.25) is 4.99 Å². The summed E-state index contributed by atoms with van der Waals surface area (Å²) in [6, 6.07) is 12.3. The van der Waals surface area contributed by atoms with Crippen LogP contribution in [0.3, 0.4) is 0 Å². The highest BCUT2D eigenvalue weighted by atomic mass is 16.7. The van der Waals surface area contributed by atoms with E-state index in [2.05, 4.69) is 35.0 Å². The maximum Gasteiger partial charge on any atom is 0.231 e. The van der Waals surface area contributed by atoms with E-state index in [4.69, 9.17) is 9.47 Å².